The number of hydrogen-bond acceptors (Lipinski definition) is 6. The molecular formula is C32H40Cl2N4O6. The Balaban J connectivity index is 1.31. The van der Waals surface area contributed by atoms with Gasteiger partial charge in [0.25, 0.3) is 0 Å². The number of nitrogens with one attached hydrogen (secondary N) is 2. The number of amides is 4. The molecule has 3 saturated heterocycles. The van der Waals surface area contributed by atoms with Crippen LogP contribution in [0.25, 0.3) is 0 Å². The fraction of sp³-hybridized carbons (Fsp3) is 0.625. The van der Waals surface area contributed by atoms with Crippen molar-refractivity contribution in [2.24, 2.45) is 11.8 Å². The average molecular weight is 648 g/mol. The summed E-state index contributed by atoms with van der Waals surface area (Å²) in [6.07, 6.45) is 8.71. The number of halogens is 2. The van der Waals surface area contributed by atoms with Crippen molar-refractivity contribution in [2.45, 2.75) is 101 Å². The monoisotopic (exact) mass is 646 g/mol. The van der Waals surface area contributed by atoms with Crippen molar-refractivity contribution in [3.63, 3.8) is 0 Å². The van der Waals surface area contributed by atoms with Gasteiger partial charge in [0, 0.05) is 24.8 Å². The highest BCUT2D eigenvalue weighted by Crippen LogP contribution is 2.56. The minimum absolute atomic E-state index is 0.0181. The van der Waals surface area contributed by atoms with Crippen LogP contribution < -0.4 is 10.6 Å². The zero-order valence-electron chi connectivity index (χ0n) is 25.3. The largest absolute Gasteiger partial charge is 0.444 e. The van der Waals surface area contributed by atoms with Crippen molar-refractivity contribution >= 4 is 52.7 Å². The second-order valence-corrected chi connectivity index (χ2v) is 14.4. The zero-order chi connectivity index (χ0) is 31.4. The molecule has 10 nitrogen and oxygen atoms in total. The fourth-order valence-electron chi connectivity index (χ4n) is 7.60. The summed E-state index contributed by atoms with van der Waals surface area (Å²) in [4.78, 5) is 58.8. The van der Waals surface area contributed by atoms with Crippen molar-refractivity contribution in [1.82, 2.24) is 15.1 Å². The molecule has 4 aliphatic heterocycles. The minimum Gasteiger partial charge on any atom is -0.444 e. The highest BCUT2D eigenvalue weighted by molar-refractivity contribution is 6.42. The predicted molar refractivity (Wildman–Crippen MR) is 165 cm³/mol. The van der Waals surface area contributed by atoms with Gasteiger partial charge in [0.05, 0.1) is 34.0 Å². The predicted octanol–water partition coefficient (Wildman–Crippen LogP) is 4.93. The molecule has 4 fully saturated rings. The maximum Gasteiger partial charge on any atom is 0.410 e. The normalized spacial score (nSPS) is 31.7. The van der Waals surface area contributed by atoms with Gasteiger partial charge < -0.3 is 29.9 Å². The Bertz CT molecular complexity index is 1370. The van der Waals surface area contributed by atoms with Crippen LogP contribution in [0.5, 0.6) is 0 Å². The molecule has 5 aliphatic rings. The minimum atomic E-state index is -1.30. The molecule has 12 heteroatoms. The number of nitrogens with zero attached hydrogens (tertiary/aromatic N) is 2. The molecular weight excluding hydrogens is 607 g/mol. The highest BCUT2D eigenvalue weighted by Gasteiger charge is 2.73. The van der Waals surface area contributed by atoms with Gasteiger partial charge in [-0.25, -0.2) is 4.79 Å². The number of rotatable bonds is 5. The van der Waals surface area contributed by atoms with Crippen LogP contribution in [0.1, 0.15) is 65.7 Å². The number of anilines is 1. The van der Waals surface area contributed by atoms with Gasteiger partial charge >= 0.3 is 6.09 Å². The Morgan fingerprint density at radius 3 is 2.48 bits per heavy atom. The Morgan fingerprint density at radius 2 is 1.77 bits per heavy atom. The first-order chi connectivity index (χ1) is 20.9. The average Bonchev–Trinajstić information content (AvgIpc) is 3.62. The summed E-state index contributed by atoms with van der Waals surface area (Å²) in [6.45, 7) is 6.15. The maximum atomic E-state index is 14.5. The van der Waals surface area contributed by atoms with Crippen molar-refractivity contribution in [3.8, 4) is 0 Å². The van der Waals surface area contributed by atoms with E-state index in [9.17, 15) is 19.2 Å². The van der Waals surface area contributed by atoms with Crippen LogP contribution in [0.4, 0.5) is 10.5 Å². The van der Waals surface area contributed by atoms with Gasteiger partial charge in [-0.2, -0.15) is 0 Å². The summed E-state index contributed by atoms with van der Waals surface area (Å²) < 4.78 is 12.1. The summed E-state index contributed by atoms with van der Waals surface area (Å²) in [6, 6.07) is 3.38. The van der Waals surface area contributed by atoms with Crippen molar-refractivity contribution in [1.29, 1.82) is 0 Å². The number of benzene rings is 1. The van der Waals surface area contributed by atoms with Gasteiger partial charge in [-0.1, -0.05) is 54.6 Å². The van der Waals surface area contributed by atoms with Crippen LogP contribution >= 0.6 is 23.2 Å². The van der Waals surface area contributed by atoms with Crippen LogP contribution in [-0.2, 0) is 23.9 Å². The van der Waals surface area contributed by atoms with Crippen LogP contribution in [0.2, 0.25) is 10.0 Å². The SMILES string of the molecule is CC(C)(C)OC(=O)N1CCCC(N2C(=O)C3C(C(=O)Nc4ccc(Cl)c(Cl)c4)C4C=CC3(O4)C2C(=O)NC2CCCCC2)C1. The Labute approximate surface area is 267 Å². The first kappa shape index (κ1) is 31.2. The van der Waals surface area contributed by atoms with E-state index in [0.717, 1.165) is 32.1 Å². The molecule has 44 heavy (non-hydrogen) atoms. The first-order valence-corrected chi connectivity index (χ1v) is 16.4. The van der Waals surface area contributed by atoms with Crippen molar-refractivity contribution in [2.75, 3.05) is 18.4 Å². The van der Waals surface area contributed by atoms with Gasteiger partial charge in [0.1, 0.15) is 17.2 Å². The molecule has 1 aromatic rings. The quantitative estimate of drug-likeness (QED) is 0.438. The number of carbonyl (C=O) groups excluding carboxylic acids is 4. The summed E-state index contributed by atoms with van der Waals surface area (Å²) in [5.74, 6) is -2.75. The number of piperidine rings is 1. The Kier molecular flexibility index (Phi) is 8.39. The van der Waals surface area contributed by atoms with Crippen LogP contribution in [-0.4, -0.2) is 82.1 Å². The molecule has 0 aromatic heterocycles. The van der Waals surface area contributed by atoms with E-state index in [1.54, 1.807) is 34.1 Å². The van der Waals surface area contributed by atoms with E-state index < -0.39 is 53.2 Å². The molecule has 2 N–H and O–H groups in total. The van der Waals surface area contributed by atoms with Crippen LogP contribution in [0.15, 0.2) is 30.4 Å². The number of fused-ring (bicyclic) bond motifs is 1. The lowest BCUT2D eigenvalue weighted by Crippen LogP contribution is -2.61. The molecule has 1 aromatic carbocycles. The maximum absolute atomic E-state index is 14.5. The summed E-state index contributed by atoms with van der Waals surface area (Å²) in [5, 5.41) is 6.75. The molecule has 2 bridgehead atoms. The molecule has 6 atom stereocenters. The third kappa shape index (κ3) is 5.69. The van der Waals surface area contributed by atoms with E-state index in [1.165, 1.54) is 0 Å². The highest BCUT2D eigenvalue weighted by atomic mass is 35.5. The van der Waals surface area contributed by atoms with Gasteiger partial charge in [0.2, 0.25) is 17.7 Å². The molecule has 1 spiro atoms. The molecule has 6 unspecified atom stereocenters. The third-order valence-electron chi connectivity index (χ3n) is 9.44. The topological polar surface area (TPSA) is 117 Å². The smallest absolute Gasteiger partial charge is 0.410 e. The lowest BCUT2D eigenvalue weighted by atomic mass is 9.74. The van der Waals surface area contributed by atoms with Crippen LogP contribution in [0.3, 0.4) is 0 Å². The van der Waals surface area contributed by atoms with E-state index >= 15 is 0 Å². The van der Waals surface area contributed by atoms with E-state index in [4.69, 9.17) is 32.7 Å². The zero-order valence-corrected chi connectivity index (χ0v) is 26.8. The fourth-order valence-corrected chi connectivity index (χ4v) is 7.90. The summed E-state index contributed by atoms with van der Waals surface area (Å²) in [7, 11) is 0. The van der Waals surface area contributed by atoms with E-state index in [-0.39, 0.29) is 24.4 Å². The number of likely N-dealkylation sites (tertiary alicyclic amines) is 2. The number of carbonyl (C=O) groups is 4. The van der Waals surface area contributed by atoms with Gasteiger partial charge in [0.15, 0.2) is 0 Å². The molecule has 4 heterocycles. The number of ether oxygens (including phenoxy) is 2. The standard InChI is InChI=1S/C32H40Cl2N4O6/c1-31(2,3)44-30(42)37-15-7-10-20(17-37)38-26(28(40)35-18-8-5-4-6-9-18)32-14-13-23(43-32)24(25(32)29(38)41)27(39)36-19-11-12-21(33)22(34)16-19/h11-14,16,18,20,23-26H,4-10,15,17H2,1-3H3,(H,35,40)(H,36,39). The summed E-state index contributed by atoms with van der Waals surface area (Å²) >= 11 is 12.2. The van der Waals surface area contributed by atoms with E-state index in [2.05, 4.69) is 10.6 Å². The second-order valence-electron chi connectivity index (χ2n) is 13.6. The second kappa shape index (κ2) is 11.8. The lowest BCUT2D eigenvalue weighted by molar-refractivity contribution is -0.145. The molecule has 4 amide bonds. The summed E-state index contributed by atoms with van der Waals surface area (Å²) in [5.41, 5.74) is -1.52. The molecule has 0 radical (unpaired) electrons. The number of hydrogen-bond donors (Lipinski definition) is 2. The van der Waals surface area contributed by atoms with Gasteiger partial charge in [-0.3, -0.25) is 14.4 Å². The van der Waals surface area contributed by atoms with Gasteiger partial charge in [-0.05, 0) is 64.7 Å². The van der Waals surface area contributed by atoms with Crippen LogP contribution in [0, 0.1) is 11.8 Å². The third-order valence-corrected chi connectivity index (χ3v) is 10.2. The first-order valence-electron chi connectivity index (χ1n) is 15.6. The van der Waals surface area contributed by atoms with Gasteiger partial charge in [-0.15, -0.1) is 0 Å². The Morgan fingerprint density at radius 1 is 1.02 bits per heavy atom. The molecule has 1 saturated carbocycles. The molecule has 6 rings (SSSR count). The lowest BCUT2D eigenvalue weighted by Gasteiger charge is -2.42. The van der Waals surface area contributed by atoms with E-state index in [0.29, 0.717) is 35.1 Å². The Hall–Kier alpha value is -2.82. The molecule has 238 valence electrons. The molecule has 1 aliphatic carbocycles. The van der Waals surface area contributed by atoms with Crippen molar-refractivity contribution in [3.05, 3.63) is 40.4 Å². The van der Waals surface area contributed by atoms with E-state index in [1.807, 2.05) is 26.8 Å². The van der Waals surface area contributed by atoms with Crippen molar-refractivity contribution < 1.29 is 28.7 Å².